The average molecular weight is 253 g/mol. The molecule has 1 unspecified atom stereocenters. The predicted molar refractivity (Wildman–Crippen MR) is 63.6 cm³/mol. The molecule has 0 aliphatic rings. The minimum absolute atomic E-state index is 0.0923. The van der Waals surface area contributed by atoms with Crippen LogP contribution in [-0.4, -0.2) is 18.4 Å². The number of likely N-dealkylation sites (N-methyl/N-ethyl adjacent to an activating group) is 1. The van der Waals surface area contributed by atoms with Crippen molar-refractivity contribution in [3.63, 3.8) is 0 Å². The lowest BCUT2D eigenvalue weighted by molar-refractivity contribution is 0.0948. The fraction of sp³-hybridized carbons (Fsp3) is 0.308. The van der Waals surface area contributed by atoms with E-state index in [0.29, 0.717) is 11.9 Å². The molecule has 0 fully saturated rings. The van der Waals surface area contributed by atoms with Gasteiger partial charge in [-0.3, -0.25) is 4.79 Å². The van der Waals surface area contributed by atoms with Crippen molar-refractivity contribution in [2.45, 2.75) is 19.9 Å². The third-order valence-corrected chi connectivity index (χ3v) is 2.77. The summed E-state index contributed by atoms with van der Waals surface area (Å²) in [5.74, 6) is -1.20. The van der Waals surface area contributed by atoms with E-state index < -0.39 is 17.9 Å². The molecular weight excluding hydrogens is 240 g/mol. The van der Waals surface area contributed by atoms with Gasteiger partial charge in [-0.25, -0.2) is 4.39 Å². The van der Waals surface area contributed by atoms with Crippen molar-refractivity contribution < 1.29 is 18.0 Å². The Hall–Kier alpha value is -1.75. The maximum Gasteiger partial charge on any atom is 0.278 e. The molecule has 1 aromatic heterocycles. The maximum atomic E-state index is 14.0. The number of Topliss-reactive ketones (excluding diaryl/α,β-unsaturated/α-hetero) is 1. The zero-order valence-electron chi connectivity index (χ0n) is 10.1. The van der Waals surface area contributed by atoms with Crippen molar-refractivity contribution >= 4 is 16.8 Å². The summed E-state index contributed by atoms with van der Waals surface area (Å²) in [5.41, 5.74) is -0.313. The molecule has 2 rings (SSSR count). The number of carbonyl (C=O) groups excluding carboxylic acids is 1. The van der Waals surface area contributed by atoms with Crippen LogP contribution in [0.15, 0.2) is 22.6 Å². The first-order valence-corrected chi connectivity index (χ1v) is 5.69. The Labute approximate surface area is 103 Å². The molecule has 0 saturated carbocycles. The number of fused-ring (bicyclic) bond motifs is 1. The zero-order valence-corrected chi connectivity index (χ0v) is 10.1. The Morgan fingerprint density at radius 2 is 2.17 bits per heavy atom. The molecule has 18 heavy (non-hydrogen) atoms. The van der Waals surface area contributed by atoms with Crippen molar-refractivity contribution in [2.75, 3.05) is 6.54 Å². The second kappa shape index (κ2) is 4.86. The van der Waals surface area contributed by atoms with Gasteiger partial charge in [0.05, 0.1) is 11.6 Å². The Balaban J connectivity index is 2.45. The molecular formula is C13H13F2NO2. The number of rotatable bonds is 4. The number of carbonyl (C=O) groups is 1. The number of halogens is 2. The highest BCUT2D eigenvalue weighted by Gasteiger charge is 2.21. The van der Waals surface area contributed by atoms with Crippen LogP contribution in [0.1, 0.15) is 24.2 Å². The predicted octanol–water partition coefficient (Wildman–Crippen LogP) is 2.89. The minimum Gasteiger partial charge on any atom is -0.428 e. The quantitative estimate of drug-likeness (QED) is 0.852. The molecule has 0 spiro atoms. The van der Waals surface area contributed by atoms with E-state index in [2.05, 4.69) is 9.73 Å². The van der Waals surface area contributed by atoms with Gasteiger partial charge < -0.3 is 9.73 Å². The summed E-state index contributed by atoms with van der Waals surface area (Å²) in [4.78, 5) is 12.0. The van der Waals surface area contributed by atoms with Crippen molar-refractivity contribution in [1.29, 1.82) is 0 Å². The number of hydrogen-bond donors (Lipinski definition) is 1. The largest absolute Gasteiger partial charge is 0.428 e. The van der Waals surface area contributed by atoms with E-state index in [9.17, 15) is 13.6 Å². The van der Waals surface area contributed by atoms with Crippen LogP contribution in [-0.2, 0) is 0 Å². The highest BCUT2D eigenvalue weighted by Crippen LogP contribution is 2.24. The number of ketones is 1. The van der Waals surface area contributed by atoms with Crippen LogP contribution in [0.3, 0.4) is 0 Å². The molecule has 96 valence electrons. The Bertz CT molecular complexity index is 592. The van der Waals surface area contributed by atoms with Crippen molar-refractivity contribution in [3.05, 3.63) is 35.6 Å². The standard InChI is InChI=1S/C13H13F2NO2/c1-3-16-7(2)12(17)9-5-4-8-6-10(14)18-13(8)11(9)15/h4-7,16H,3H2,1-2H3. The molecule has 0 aliphatic heterocycles. The number of hydrogen-bond acceptors (Lipinski definition) is 3. The first-order valence-electron chi connectivity index (χ1n) is 5.69. The lowest BCUT2D eigenvalue weighted by Crippen LogP contribution is -2.34. The first kappa shape index (κ1) is 12.7. The molecule has 2 aromatic rings. The summed E-state index contributed by atoms with van der Waals surface area (Å²) in [7, 11) is 0. The van der Waals surface area contributed by atoms with Crippen LogP contribution < -0.4 is 5.32 Å². The van der Waals surface area contributed by atoms with E-state index in [1.807, 2.05) is 6.92 Å². The fourth-order valence-electron chi connectivity index (χ4n) is 1.86. The summed E-state index contributed by atoms with van der Waals surface area (Å²) in [6.45, 7) is 4.11. The molecule has 3 nitrogen and oxygen atoms in total. The number of furan rings is 1. The normalized spacial score (nSPS) is 12.9. The van der Waals surface area contributed by atoms with Gasteiger partial charge in [0.2, 0.25) is 0 Å². The summed E-state index contributed by atoms with van der Waals surface area (Å²) < 4.78 is 31.5. The smallest absolute Gasteiger partial charge is 0.278 e. The van der Waals surface area contributed by atoms with E-state index in [1.165, 1.54) is 12.1 Å². The highest BCUT2D eigenvalue weighted by molar-refractivity contribution is 6.02. The van der Waals surface area contributed by atoms with E-state index in [1.54, 1.807) is 6.92 Å². The molecule has 1 aromatic carbocycles. The van der Waals surface area contributed by atoms with Gasteiger partial charge in [0.15, 0.2) is 17.2 Å². The third-order valence-electron chi connectivity index (χ3n) is 2.77. The third kappa shape index (κ3) is 2.13. The second-order valence-corrected chi connectivity index (χ2v) is 4.04. The van der Waals surface area contributed by atoms with Crippen molar-refractivity contribution in [2.24, 2.45) is 0 Å². The molecule has 0 saturated heterocycles. The first-order chi connectivity index (χ1) is 8.54. The van der Waals surface area contributed by atoms with Crippen LogP contribution in [0.5, 0.6) is 0 Å². The van der Waals surface area contributed by atoms with Gasteiger partial charge in [-0.05, 0) is 19.5 Å². The van der Waals surface area contributed by atoms with Gasteiger partial charge in [0.1, 0.15) is 0 Å². The van der Waals surface area contributed by atoms with E-state index in [0.717, 1.165) is 6.07 Å². The molecule has 0 amide bonds. The SMILES string of the molecule is CCNC(C)C(=O)c1ccc2cc(F)oc2c1F. The summed E-state index contributed by atoms with van der Waals surface area (Å²) in [6, 6.07) is 2.54. The Kier molecular flexibility index (Phi) is 3.43. The van der Waals surface area contributed by atoms with E-state index >= 15 is 0 Å². The van der Waals surface area contributed by atoms with Crippen molar-refractivity contribution in [1.82, 2.24) is 5.32 Å². The summed E-state index contributed by atoms with van der Waals surface area (Å²) >= 11 is 0. The van der Waals surface area contributed by atoms with E-state index in [-0.39, 0.29) is 16.9 Å². The minimum atomic E-state index is -0.867. The summed E-state index contributed by atoms with van der Waals surface area (Å²) in [6.07, 6.45) is 0. The molecule has 0 bridgehead atoms. The topological polar surface area (TPSA) is 42.2 Å². The fourth-order valence-corrected chi connectivity index (χ4v) is 1.86. The Morgan fingerprint density at radius 1 is 1.44 bits per heavy atom. The molecule has 5 heteroatoms. The molecule has 0 radical (unpaired) electrons. The molecule has 0 aliphatic carbocycles. The average Bonchev–Trinajstić information content (AvgIpc) is 2.71. The van der Waals surface area contributed by atoms with E-state index in [4.69, 9.17) is 0 Å². The van der Waals surface area contributed by atoms with Gasteiger partial charge in [0, 0.05) is 11.5 Å². The van der Waals surface area contributed by atoms with Gasteiger partial charge in [0.25, 0.3) is 6.01 Å². The lowest BCUT2D eigenvalue weighted by Gasteiger charge is -2.11. The van der Waals surface area contributed by atoms with Crippen molar-refractivity contribution in [3.8, 4) is 0 Å². The molecule has 1 atom stereocenters. The number of nitrogens with one attached hydrogen (secondary N) is 1. The molecule has 1 N–H and O–H groups in total. The van der Waals surface area contributed by atoms with Gasteiger partial charge >= 0.3 is 0 Å². The maximum absolute atomic E-state index is 14.0. The molecule has 1 heterocycles. The summed E-state index contributed by atoms with van der Waals surface area (Å²) in [5, 5.41) is 3.21. The van der Waals surface area contributed by atoms with Gasteiger partial charge in [-0.15, -0.1) is 0 Å². The van der Waals surface area contributed by atoms with Crippen LogP contribution in [0.2, 0.25) is 0 Å². The monoisotopic (exact) mass is 253 g/mol. The number of benzene rings is 1. The van der Waals surface area contributed by atoms with Crippen LogP contribution in [0.25, 0.3) is 11.0 Å². The van der Waals surface area contributed by atoms with Gasteiger partial charge in [-0.2, -0.15) is 4.39 Å². The van der Waals surface area contributed by atoms with Crippen LogP contribution in [0.4, 0.5) is 8.78 Å². The van der Waals surface area contributed by atoms with Crippen LogP contribution >= 0.6 is 0 Å². The lowest BCUT2D eigenvalue weighted by atomic mass is 10.0. The van der Waals surface area contributed by atoms with Gasteiger partial charge in [-0.1, -0.05) is 13.0 Å². The Morgan fingerprint density at radius 3 is 2.83 bits per heavy atom. The highest BCUT2D eigenvalue weighted by atomic mass is 19.1. The van der Waals surface area contributed by atoms with Crippen LogP contribution in [0, 0.1) is 11.8 Å². The second-order valence-electron chi connectivity index (χ2n) is 4.04. The zero-order chi connectivity index (χ0) is 13.3.